The van der Waals surface area contributed by atoms with E-state index in [1.165, 1.54) is 16.8 Å². The van der Waals surface area contributed by atoms with Gasteiger partial charge in [0.05, 0.1) is 11.6 Å². The van der Waals surface area contributed by atoms with Crippen LogP contribution in [0, 0.1) is 0 Å². The van der Waals surface area contributed by atoms with E-state index < -0.39 is 23.3 Å². The van der Waals surface area contributed by atoms with Crippen molar-refractivity contribution in [2.45, 2.75) is 19.1 Å². The standard InChI is InChI=1S/C17H16F3N5O2/c1-9(10-4-6-11(7-5-10)17(18,19)20)25-14-13(12(8-26)23-25)15(27)22-16(21-14)24(2)3/h4-9H,1-3H3,(H,21,22,27). The molecule has 0 aliphatic rings. The van der Waals surface area contributed by atoms with Gasteiger partial charge in [0, 0.05) is 14.1 Å². The van der Waals surface area contributed by atoms with Crippen LogP contribution in [-0.4, -0.2) is 40.1 Å². The molecule has 0 saturated heterocycles. The van der Waals surface area contributed by atoms with Gasteiger partial charge in [-0.1, -0.05) is 12.1 Å². The third kappa shape index (κ3) is 3.29. The van der Waals surface area contributed by atoms with E-state index in [2.05, 4.69) is 15.1 Å². The van der Waals surface area contributed by atoms with Crippen molar-refractivity contribution in [3.63, 3.8) is 0 Å². The minimum atomic E-state index is -4.43. The third-order valence-electron chi connectivity index (χ3n) is 4.20. The zero-order valence-electron chi connectivity index (χ0n) is 14.7. The van der Waals surface area contributed by atoms with E-state index in [0.29, 0.717) is 11.8 Å². The Kier molecular flexibility index (Phi) is 4.50. The van der Waals surface area contributed by atoms with Crippen molar-refractivity contribution in [1.29, 1.82) is 0 Å². The van der Waals surface area contributed by atoms with Crippen LogP contribution in [0.15, 0.2) is 29.1 Å². The molecule has 10 heteroatoms. The van der Waals surface area contributed by atoms with E-state index in [9.17, 15) is 22.8 Å². The van der Waals surface area contributed by atoms with E-state index in [4.69, 9.17) is 0 Å². The molecule has 0 radical (unpaired) electrons. The molecule has 3 rings (SSSR count). The number of rotatable bonds is 4. The average Bonchev–Trinajstić information content (AvgIpc) is 2.99. The molecule has 0 bridgehead atoms. The zero-order chi connectivity index (χ0) is 19.9. The van der Waals surface area contributed by atoms with Gasteiger partial charge in [0.15, 0.2) is 11.9 Å². The molecule has 1 unspecified atom stereocenters. The first-order valence-corrected chi connectivity index (χ1v) is 7.95. The quantitative estimate of drug-likeness (QED) is 0.705. The zero-order valence-corrected chi connectivity index (χ0v) is 14.7. The molecule has 0 aliphatic heterocycles. The first-order chi connectivity index (χ1) is 12.6. The Bertz CT molecular complexity index is 1050. The Balaban J connectivity index is 2.15. The third-order valence-corrected chi connectivity index (χ3v) is 4.20. The number of hydrogen-bond acceptors (Lipinski definition) is 5. The van der Waals surface area contributed by atoms with Crippen LogP contribution >= 0.6 is 0 Å². The molecule has 142 valence electrons. The van der Waals surface area contributed by atoms with Crippen molar-refractivity contribution in [2.24, 2.45) is 0 Å². The Labute approximate surface area is 151 Å². The van der Waals surface area contributed by atoms with Crippen LogP contribution in [0.3, 0.4) is 0 Å². The maximum atomic E-state index is 12.8. The van der Waals surface area contributed by atoms with Gasteiger partial charge in [-0.3, -0.25) is 14.6 Å². The summed E-state index contributed by atoms with van der Waals surface area (Å²) in [4.78, 5) is 32.2. The van der Waals surface area contributed by atoms with Gasteiger partial charge in [-0.15, -0.1) is 0 Å². The molecule has 3 aromatic rings. The van der Waals surface area contributed by atoms with Gasteiger partial charge in [0.25, 0.3) is 5.56 Å². The first-order valence-electron chi connectivity index (χ1n) is 7.95. The summed E-state index contributed by atoms with van der Waals surface area (Å²) in [5.41, 5.74) is -0.656. The van der Waals surface area contributed by atoms with E-state index in [-0.39, 0.29) is 22.7 Å². The predicted molar refractivity (Wildman–Crippen MR) is 93.1 cm³/mol. The minimum absolute atomic E-state index is 0.0364. The van der Waals surface area contributed by atoms with Crippen LogP contribution < -0.4 is 10.5 Å². The number of nitrogens with one attached hydrogen (secondary N) is 1. The smallest absolute Gasteiger partial charge is 0.348 e. The van der Waals surface area contributed by atoms with Crippen LogP contribution in [0.4, 0.5) is 19.1 Å². The normalized spacial score (nSPS) is 13.0. The summed E-state index contributed by atoms with van der Waals surface area (Å²) in [6, 6.07) is 4.07. The summed E-state index contributed by atoms with van der Waals surface area (Å²) in [5.74, 6) is 0.269. The van der Waals surface area contributed by atoms with Gasteiger partial charge in [-0.25, -0.2) is 4.68 Å². The van der Waals surface area contributed by atoms with Crippen LogP contribution in [0.25, 0.3) is 11.0 Å². The highest BCUT2D eigenvalue weighted by Gasteiger charge is 2.30. The van der Waals surface area contributed by atoms with Gasteiger partial charge in [0.1, 0.15) is 11.1 Å². The van der Waals surface area contributed by atoms with E-state index >= 15 is 0 Å². The second-order valence-corrected chi connectivity index (χ2v) is 6.23. The average molecular weight is 379 g/mol. The molecule has 2 heterocycles. The Hall–Kier alpha value is -3.17. The maximum absolute atomic E-state index is 12.8. The number of alkyl halides is 3. The van der Waals surface area contributed by atoms with Crippen molar-refractivity contribution < 1.29 is 18.0 Å². The number of aromatic nitrogens is 4. The monoisotopic (exact) mass is 379 g/mol. The molecule has 2 aromatic heterocycles. The predicted octanol–water partition coefficient (Wildman–Crippen LogP) is 2.63. The number of fused-ring (bicyclic) bond motifs is 1. The fourth-order valence-electron chi connectivity index (χ4n) is 2.72. The second-order valence-electron chi connectivity index (χ2n) is 6.23. The van der Waals surface area contributed by atoms with E-state index in [0.717, 1.165) is 12.1 Å². The number of H-pyrrole nitrogens is 1. The molecule has 0 saturated carbocycles. The molecular formula is C17H16F3N5O2. The van der Waals surface area contributed by atoms with Crippen molar-refractivity contribution >= 4 is 23.3 Å². The Morgan fingerprint density at radius 3 is 2.37 bits per heavy atom. The Morgan fingerprint density at radius 1 is 1.22 bits per heavy atom. The topological polar surface area (TPSA) is 83.9 Å². The molecule has 0 fully saturated rings. The summed E-state index contributed by atoms with van der Waals surface area (Å²) in [5, 5.41) is 4.18. The SMILES string of the molecule is CC(c1ccc(C(F)(F)F)cc1)n1nc(C=O)c2c(=O)[nH]c(N(C)C)nc21. The molecule has 0 aliphatic carbocycles. The Morgan fingerprint density at radius 2 is 1.85 bits per heavy atom. The lowest BCUT2D eigenvalue weighted by atomic mass is 10.1. The number of anilines is 1. The fraction of sp³-hybridized carbons (Fsp3) is 0.294. The molecule has 27 heavy (non-hydrogen) atoms. The lowest BCUT2D eigenvalue weighted by molar-refractivity contribution is -0.137. The summed E-state index contributed by atoms with van der Waals surface area (Å²) >= 11 is 0. The summed E-state index contributed by atoms with van der Waals surface area (Å²) < 4.78 is 39.6. The number of carbonyl (C=O) groups excluding carboxylic acids is 1. The largest absolute Gasteiger partial charge is 0.416 e. The van der Waals surface area contributed by atoms with Gasteiger partial charge < -0.3 is 4.90 Å². The summed E-state index contributed by atoms with van der Waals surface area (Å²) in [7, 11) is 3.37. The molecule has 7 nitrogen and oxygen atoms in total. The molecular weight excluding hydrogens is 363 g/mol. The molecule has 0 amide bonds. The summed E-state index contributed by atoms with van der Waals surface area (Å²) in [6.45, 7) is 1.70. The summed E-state index contributed by atoms with van der Waals surface area (Å²) in [6.07, 6.45) is -3.98. The maximum Gasteiger partial charge on any atom is 0.416 e. The highest BCUT2D eigenvalue weighted by Crippen LogP contribution is 2.31. The number of aromatic amines is 1. The lowest BCUT2D eigenvalue weighted by Gasteiger charge is -2.16. The number of halogens is 3. The van der Waals surface area contributed by atoms with Crippen molar-refractivity contribution in [3.8, 4) is 0 Å². The van der Waals surface area contributed by atoms with E-state index in [1.54, 1.807) is 25.9 Å². The number of hydrogen-bond donors (Lipinski definition) is 1. The fourth-order valence-corrected chi connectivity index (χ4v) is 2.72. The first kappa shape index (κ1) is 18.6. The highest BCUT2D eigenvalue weighted by molar-refractivity contribution is 5.93. The van der Waals surface area contributed by atoms with Crippen LogP contribution in [0.2, 0.25) is 0 Å². The van der Waals surface area contributed by atoms with Crippen molar-refractivity contribution in [3.05, 3.63) is 51.4 Å². The molecule has 0 spiro atoms. The highest BCUT2D eigenvalue weighted by atomic mass is 19.4. The lowest BCUT2D eigenvalue weighted by Crippen LogP contribution is -2.20. The number of carbonyl (C=O) groups is 1. The molecule has 1 aromatic carbocycles. The van der Waals surface area contributed by atoms with E-state index in [1.807, 2.05) is 0 Å². The van der Waals surface area contributed by atoms with Crippen LogP contribution in [-0.2, 0) is 6.18 Å². The number of nitrogens with zero attached hydrogens (tertiary/aromatic N) is 4. The van der Waals surface area contributed by atoms with Crippen LogP contribution in [0.5, 0.6) is 0 Å². The molecule has 1 atom stereocenters. The van der Waals surface area contributed by atoms with Crippen molar-refractivity contribution in [2.75, 3.05) is 19.0 Å². The van der Waals surface area contributed by atoms with Gasteiger partial charge in [-0.05, 0) is 24.6 Å². The van der Waals surface area contributed by atoms with Gasteiger partial charge in [0.2, 0.25) is 5.95 Å². The van der Waals surface area contributed by atoms with Gasteiger partial charge >= 0.3 is 6.18 Å². The van der Waals surface area contributed by atoms with Crippen molar-refractivity contribution in [1.82, 2.24) is 19.7 Å². The second kappa shape index (κ2) is 6.53. The number of benzene rings is 1. The number of aldehydes is 1. The molecule has 1 N–H and O–H groups in total. The minimum Gasteiger partial charge on any atom is -0.348 e. The van der Waals surface area contributed by atoms with Crippen LogP contribution in [0.1, 0.15) is 34.6 Å². The van der Waals surface area contributed by atoms with Gasteiger partial charge in [-0.2, -0.15) is 23.3 Å².